The summed E-state index contributed by atoms with van der Waals surface area (Å²) in [7, 11) is 0. The highest BCUT2D eigenvalue weighted by atomic mass is 79.9. The number of aryl methyl sites for hydroxylation is 1. The molecule has 1 aliphatic heterocycles. The lowest BCUT2D eigenvalue weighted by atomic mass is 10.1. The molecule has 0 saturated heterocycles. The van der Waals surface area contributed by atoms with Gasteiger partial charge in [-0.15, -0.1) is 0 Å². The molecule has 0 N–H and O–H groups in total. The Bertz CT molecular complexity index is 690. The van der Waals surface area contributed by atoms with Crippen molar-refractivity contribution in [1.82, 2.24) is 4.98 Å². The monoisotopic (exact) mass is 347 g/mol. The van der Waals surface area contributed by atoms with Gasteiger partial charge >= 0.3 is 5.69 Å². The molecule has 2 heterocycles. The van der Waals surface area contributed by atoms with Crippen molar-refractivity contribution in [2.75, 3.05) is 11.4 Å². The van der Waals surface area contributed by atoms with Crippen molar-refractivity contribution in [2.24, 2.45) is 0 Å². The fourth-order valence-corrected chi connectivity index (χ4v) is 2.99. The molecule has 1 aromatic heterocycles. The van der Waals surface area contributed by atoms with Gasteiger partial charge in [-0.05, 0) is 46.8 Å². The molecule has 2 aromatic rings. The van der Waals surface area contributed by atoms with Crippen LogP contribution in [0.4, 0.5) is 17.2 Å². The molecule has 1 aliphatic rings. The predicted octanol–water partition coefficient (Wildman–Crippen LogP) is 4.23. The molecule has 21 heavy (non-hydrogen) atoms. The van der Waals surface area contributed by atoms with Crippen LogP contribution in [0.5, 0.6) is 0 Å². The number of anilines is 2. The Morgan fingerprint density at radius 1 is 1.29 bits per heavy atom. The van der Waals surface area contributed by atoms with E-state index in [1.165, 1.54) is 11.6 Å². The Hall–Kier alpha value is -1.95. The van der Waals surface area contributed by atoms with E-state index in [1.807, 2.05) is 23.1 Å². The number of hydrogen-bond donors (Lipinski definition) is 0. The number of pyridine rings is 1. The Balaban J connectivity index is 2.14. The summed E-state index contributed by atoms with van der Waals surface area (Å²) in [5.74, 6) is 0.414. The number of nitrogens with zero attached hydrogens (tertiary/aromatic N) is 3. The molecule has 0 spiro atoms. The molecule has 0 atom stereocenters. The van der Waals surface area contributed by atoms with Gasteiger partial charge in [0.1, 0.15) is 0 Å². The smallest absolute Gasteiger partial charge is 0.313 e. The lowest BCUT2D eigenvalue weighted by Gasteiger charge is -2.23. The zero-order chi connectivity index (χ0) is 14.8. The van der Waals surface area contributed by atoms with Crippen molar-refractivity contribution < 1.29 is 4.92 Å². The van der Waals surface area contributed by atoms with Crippen LogP contribution in [0.2, 0.25) is 0 Å². The van der Waals surface area contributed by atoms with E-state index in [9.17, 15) is 10.1 Å². The number of benzene rings is 1. The van der Waals surface area contributed by atoms with Gasteiger partial charge in [-0.3, -0.25) is 10.1 Å². The number of fused-ring (bicyclic) bond motifs is 1. The van der Waals surface area contributed by atoms with Gasteiger partial charge in [0.05, 0.1) is 4.92 Å². The van der Waals surface area contributed by atoms with E-state index in [0.29, 0.717) is 10.3 Å². The van der Waals surface area contributed by atoms with Crippen LogP contribution in [0.25, 0.3) is 0 Å². The minimum atomic E-state index is -0.374. The summed E-state index contributed by atoms with van der Waals surface area (Å²) in [4.78, 5) is 17.2. The van der Waals surface area contributed by atoms with E-state index in [0.717, 1.165) is 31.5 Å². The summed E-state index contributed by atoms with van der Waals surface area (Å²) in [6.07, 6.45) is 4.67. The highest BCUT2D eigenvalue weighted by Gasteiger charge is 2.25. The summed E-state index contributed by atoms with van der Waals surface area (Å²) < 4.78 is 0.612. The lowest BCUT2D eigenvalue weighted by molar-refractivity contribution is -0.384. The summed E-state index contributed by atoms with van der Waals surface area (Å²) in [6, 6.07) is 9.57. The third-order valence-electron chi connectivity index (χ3n) is 3.63. The Morgan fingerprint density at radius 2 is 2.10 bits per heavy atom. The number of hydrogen-bond acceptors (Lipinski definition) is 4. The molecule has 108 valence electrons. The van der Waals surface area contributed by atoms with Gasteiger partial charge in [0, 0.05) is 29.0 Å². The number of para-hydroxylation sites is 1. The molecule has 5 nitrogen and oxygen atoms in total. The van der Waals surface area contributed by atoms with Crippen LogP contribution in [0.3, 0.4) is 0 Å². The van der Waals surface area contributed by atoms with Gasteiger partial charge in [-0.1, -0.05) is 18.2 Å². The quantitative estimate of drug-likeness (QED) is 0.602. The Labute approximate surface area is 130 Å². The van der Waals surface area contributed by atoms with Crippen molar-refractivity contribution in [1.29, 1.82) is 0 Å². The summed E-state index contributed by atoms with van der Waals surface area (Å²) in [6.45, 7) is 0.743. The zero-order valence-corrected chi connectivity index (χ0v) is 12.9. The van der Waals surface area contributed by atoms with Crippen molar-refractivity contribution in [3.63, 3.8) is 0 Å². The first-order valence-electron chi connectivity index (χ1n) is 6.82. The molecule has 0 aliphatic carbocycles. The average molecular weight is 348 g/mol. The topological polar surface area (TPSA) is 59.3 Å². The summed E-state index contributed by atoms with van der Waals surface area (Å²) in [5, 5.41) is 11.3. The fourth-order valence-electron chi connectivity index (χ4n) is 2.68. The standard InChI is InChI=1S/C15H14BrN3O2/c16-12-9-14(19(20)21)15(17-10-12)18-8-4-3-6-11-5-1-2-7-13(11)18/h1-2,5,7,9-10H,3-4,6,8H2. The summed E-state index contributed by atoms with van der Waals surface area (Å²) in [5.41, 5.74) is 2.27. The van der Waals surface area contributed by atoms with Crippen LogP contribution in [-0.4, -0.2) is 16.5 Å². The van der Waals surface area contributed by atoms with Crippen molar-refractivity contribution in [3.8, 4) is 0 Å². The Kier molecular flexibility index (Phi) is 3.88. The molecule has 6 heteroatoms. The van der Waals surface area contributed by atoms with Gasteiger partial charge in [-0.2, -0.15) is 0 Å². The molecule has 0 amide bonds. The van der Waals surface area contributed by atoms with Crippen molar-refractivity contribution in [2.45, 2.75) is 19.3 Å². The zero-order valence-electron chi connectivity index (χ0n) is 11.3. The van der Waals surface area contributed by atoms with E-state index in [4.69, 9.17) is 0 Å². The molecular weight excluding hydrogens is 334 g/mol. The number of rotatable bonds is 2. The van der Waals surface area contributed by atoms with Gasteiger partial charge in [0.15, 0.2) is 0 Å². The molecule has 3 rings (SSSR count). The number of nitro groups is 1. The summed E-state index contributed by atoms with van der Waals surface area (Å²) >= 11 is 3.25. The largest absolute Gasteiger partial charge is 0.320 e. The van der Waals surface area contributed by atoms with E-state index < -0.39 is 0 Å². The molecule has 0 bridgehead atoms. The fraction of sp³-hybridized carbons (Fsp3) is 0.267. The van der Waals surface area contributed by atoms with E-state index in [2.05, 4.69) is 27.0 Å². The van der Waals surface area contributed by atoms with Crippen molar-refractivity contribution >= 4 is 33.1 Å². The van der Waals surface area contributed by atoms with Gasteiger partial charge in [-0.25, -0.2) is 4.98 Å². The maximum absolute atomic E-state index is 11.3. The first kappa shape index (κ1) is 14.0. The van der Waals surface area contributed by atoms with Crippen LogP contribution in [0.1, 0.15) is 18.4 Å². The van der Waals surface area contributed by atoms with Crippen LogP contribution in [-0.2, 0) is 6.42 Å². The SMILES string of the molecule is O=[N+]([O-])c1cc(Br)cnc1N1CCCCc2ccccc21. The molecule has 0 radical (unpaired) electrons. The molecule has 0 unspecified atom stereocenters. The molecule has 0 fully saturated rings. The van der Waals surface area contributed by atoms with Crippen molar-refractivity contribution in [3.05, 3.63) is 56.7 Å². The first-order valence-corrected chi connectivity index (χ1v) is 7.61. The second-order valence-corrected chi connectivity index (χ2v) is 5.91. The first-order chi connectivity index (χ1) is 10.2. The van der Waals surface area contributed by atoms with Gasteiger partial charge in [0.2, 0.25) is 5.82 Å². The van der Waals surface area contributed by atoms with Gasteiger partial charge < -0.3 is 4.90 Å². The second kappa shape index (κ2) is 5.81. The Morgan fingerprint density at radius 3 is 2.90 bits per heavy atom. The van der Waals surface area contributed by atoms with E-state index in [-0.39, 0.29) is 10.6 Å². The molecular formula is C15H14BrN3O2. The highest BCUT2D eigenvalue weighted by Crippen LogP contribution is 2.37. The number of halogens is 1. The molecule has 0 saturated carbocycles. The van der Waals surface area contributed by atoms with Crippen LogP contribution < -0.4 is 4.90 Å². The predicted molar refractivity (Wildman–Crippen MR) is 85.0 cm³/mol. The maximum Gasteiger partial charge on any atom is 0.313 e. The molecule has 1 aromatic carbocycles. The van der Waals surface area contributed by atoms with Crippen LogP contribution >= 0.6 is 15.9 Å². The average Bonchev–Trinajstić information content (AvgIpc) is 2.69. The number of aromatic nitrogens is 1. The van der Waals surface area contributed by atoms with Crippen LogP contribution in [0.15, 0.2) is 41.0 Å². The third kappa shape index (κ3) is 2.76. The normalized spacial score (nSPS) is 14.4. The van der Waals surface area contributed by atoms with Gasteiger partial charge in [0.25, 0.3) is 0 Å². The van der Waals surface area contributed by atoms with E-state index >= 15 is 0 Å². The minimum absolute atomic E-state index is 0.0288. The minimum Gasteiger partial charge on any atom is -0.320 e. The lowest BCUT2D eigenvalue weighted by Crippen LogP contribution is -2.20. The second-order valence-electron chi connectivity index (χ2n) is 4.99. The van der Waals surface area contributed by atoms with E-state index in [1.54, 1.807) is 6.20 Å². The third-order valence-corrected chi connectivity index (χ3v) is 4.06. The maximum atomic E-state index is 11.3. The van der Waals surface area contributed by atoms with Crippen LogP contribution in [0, 0.1) is 10.1 Å². The highest BCUT2D eigenvalue weighted by molar-refractivity contribution is 9.10.